The number of carbonyl (C=O) groups is 1. The number of amides is 1. The summed E-state index contributed by atoms with van der Waals surface area (Å²) in [6, 6.07) is 5.18. The van der Waals surface area contributed by atoms with Crippen molar-refractivity contribution in [2.75, 3.05) is 12.3 Å². The summed E-state index contributed by atoms with van der Waals surface area (Å²) < 4.78 is 63.0. The van der Waals surface area contributed by atoms with E-state index in [1.165, 1.54) is 23.6 Å². The highest BCUT2D eigenvalue weighted by Crippen LogP contribution is 2.46. The van der Waals surface area contributed by atoms with Gasteiger partial charge in [0.2, 0.25) is 0 Å². The van der Waals surface area contributed by atoms with Gasteiger partial charge in [0.1, 0.15) is 0 Å². The molecule has 204 valence electrons. The van der Waals surface area contributed by atoms with Gasteiger partial charge in [0.25, 0.3) is 5.91 Å². The number of halogens is 3. The minimum absolute atomic E-state index is 0.00177. The number of pyridine rings is 1. The molecule has 2 aromatic rings. The van der Waals surface area contributed by atoms with Crippen molar-refractivity contribution in [3.63, 3.8) is 0 Å². The molecule has 4 rings (SSSR count). The quantitative estimate of drug-likeness (QED) is 0.447. The van der Waals surface area contributed by atoms with E-state index in [0.29, 0.717) is 35.9 Å². The Labute approximate surface area is 220 Å². The summed E-state index contributed by atoms with van der Waals surface area (Å²) >= 11 is 1.48. The fourth-order valence-electron chi connectivity index (χ4n) is 5.44. The zero-order valence-electron chi connectivity index (χ0n) is 21.3. The monoisotopic (exact) mass is 557 g/mol. The lowest BCUT2D eigenvalue weighted by Crippen LogP contribution is -2.35. The molecule has 37 heavy (non-hydrogen) atoms. The highest BCUT2D eigenvalue weighted by atomic mass is 32.2. The minimum Gasteiger partial charge on any atom is -0.346 e. The summed E-state index contributed by atoms with van der Waals surface area (Å²) in [5.41, 5.74) is 1.68. The Hall–Kier alpha value is -1.98. The Bertz CT molecular complexity index is 1200. The molecular weight excluding hydrogens is 523 g/mol. The van der Waals surface area contributed by atoms with Crippen LogP contribution in [0.3, 0.4) is 0 Å². The van der Waals surface area contributed by atoms with Gasteiger partial charge in [-0.3, -0.25) is 14.7 Å². The van der Waals surface area contributed by atoms with Crippen molar-refractivity contribution in [1.82, 2.24) is 15.2 Å². The van der Waals surface area contributed by atoms with Crippen LogP contribution in [0, 0.1) is 17.8 Å². The van der Waals surface area contributed by atoms with E-state index >= 15 is 0 Å². The zero-order chi connectivity index (χ0) is 27.0. The van der Waals surface area contributed by atoms with E-state index in [1.807, 2.05) is 6.07 Å². The van der Waals surface area contributed by atoms with E-state index in [4.69, 9.17) is 0 Å². The van der Waals surface area contributed by atoms with Crippen LogP contribution in [-0.4, -0.2) is 42.7 Å². The Balaban J connectivity index is 1.36. The zero-order valence-corrected chi connectivity index (χ0v) is 23.0. The number of nitrogens with one attached hydrogen (secondary N) is 1. The van der Waals surface area contributed by atoms with Crippen molar-refractivity contribution in [1.29, 1.82) is 0 Å². The van der Waals surface area contributed by atoms with Gasteiger partial charge in [0.15, 0.2) is 9.84 Å². The SMILES string of the molecule is CCS(=O)(=O)c1ccc(CNC(=O)c2cc3c(s2)[C@@H](C(C)C)N(C[C@H]2CC[C@H](C(F)(F)F)CC2)C3)nc1. The largest absolute Gasteiger partial charge is 0.391 e. The first-order valence-electron chi connectivity index (χ1n) is 12.8. The number of alkyl halides is 3. The molecule has 0 aromatic carbocycles. The summed E-state index contributed by atoms with van der Waals surface area (Å²) in [5.74, 6) is -0.788. The summed E-state index contributed by atoms with van der Waals surface area (Å²) in [7, 11) is -3.32. The van der Waals surface area contributed by atoms with Crippen molar-refractivity contribution in [3.8, 4) is 0 Å². The van der Waals surface area contributed by atoms with Gasteiger partial charge < -0.3 is 5.32 Å². The Morgan fingerprint density at radius 2 is 1.92 bits per heavy atom. The van der Waals surface area contributed by atoms with Gasteiger partial charge in [-0.05, 0) is 61.3 Å². The Morgan fingerprint density at radius 3 is 2.49 bits per heavy atom. The predicted molar refractivity (Wildman–Crippen MR) is 137 cm³/mol. The van der Waals surface area contributed by atoms with Gasteiger partial charge in [0, 0.05) is 30.2 Å². The second-order valence-corrected chi connectivity index (χ2v) is 13.8. The van der Waals surface area contributed by atoms with Crippen molar-refractivity contribution in [3.05, 3.63) is 45.4 Å². The third-order valence-electron chi connectivity index (χ3n) is 7.50. The molecule has 1 atom stereocenters. The number of hydrogen-bond acceptors (Lipinski definition) is 6. The fourth-order valence-corrected chi connectivity index (χ4v) is 7.66. The van der Waals surface area contributed by atoms with Crippen LogP contribution in [0.15, 0.2) is 29.3 Å². The molecule has 1 aliphatic heterocycles. The average molecular weight is 558 g/mol. The molecule has 0 unspecified atom stereocenters. The third kappa shape index (κ3) is 6.37. The number of fused-ring (bicyclic) bond motifs is 1. The minimum atomic E-state index is -4.09. The molecule has 0 spiro atoms. The van der Waals surface area contributed by atoms with Gasteiger partial charge >= 0.3 is 6.18 Å². The van der Waals surface area contributed by atoms with Crippen LogP contribution in [0.2, 0.25) is 0 Å². The van der Waals surface area contributed by atoms with Gasteiger partial charge in [0.05, 0.1) is 33.7 Å². The molecule has 1 amide bonds. The molecule has 0 radical (unpaired) electrons. The number of rotatable bonds is 8. The molecule has 1 saturated carbocycles. The first kappa shape index (κ1) is 28.0. The smallest absolute Gasteiger partial charge is 0.346 e. The summed E-state index contributed by atoms with van der Waals surface area (Å²) in [6.07, 6.45) is -1.13. The maximum atomic E-state index is 13.0. The third-order valence-corrected chi connectivity index (χ3v) is 10.5. The van der Waals surface area contributed by atoms with Gasteiger partial charge in [-0.15, -0.1) is 11.3 Å². The lowest BCUT2D eigenvalue weighted by Gasteiger charge is -2.35. The van der Waals surface area contributed by atoms with E-state index < -0.39 is 21.9 Å². The van der Waals surface area contributed by atoms with Gasteiger partial charge in [-0.25, -0.2) is 8.42 Å². The van der Waals surface area contributed by atoms with E-state index in [9.17, 15) is 26.4 Å². The van der Waals surface area contributed by atoms with Crippen molar-refractivity contribution < 1.29 is 26.4 Å². The van der Waals surface area contributed by atoms with Crippen LogP contribution in [0.25, 0.3) is 0 Å². The summed E-state index contributed by atoms with van der Waals surface area (Å²) in [6.45, 7) is 7.53. The summed E-state index contributed by atoms with van der Waals surface area (Å²) in [4.78, 5) is 21.3. The number of sulfone groups is 1. The second-order valence-electron chi connectivity index (χ2n) is 10.4. The van der Waals surface area contributed by atoms with Crippen molar-refractivity contribution >= 4 is 27.1 Å². The fraction of sp³-hybridized carbons (Fsp3) is 0.615. The second kappa shape index (κ2) is 11.0. The lowest BCUT2D eigenvalue weighted by molar-refractivity contribution is -0.184. The summed E-state index contributed by atoms with van der Waals surface area (Å²) in [5, 5.41) is 2.87. The molecule has 1 N–H and O–H groups in total. The van der Waals surface area contributed by atoms with Crippen LogP contribution in [0.5, 0.6) is 0 Å². The molecule has 1 aliphatic carbocycles. The number of nitrogens with zero attached hydrogens (tertiary/aromatic N) is 2. The maximum Gasteiger partial charge on any atom is 0.391 e. The van der Waals surface area contributed by atoms with Crippen molar-refractivity contribution in [2.45, 2.75) is 76.7 Å². The first-order valence-corrected chi connectivity index (χ1v) is 15.2. The molecule has 2 aromatic heterocycles. The molecule has 2 aliphatic rings. The van der Waals surface area contributed by atoms with Crippen LogP contribution < -0.4 is 5.32 Å². The Kier molecular flexibility index (Phi) is 8.35. The van der Waals surface area contributed by atoms with E-state index in [2.05, 4.69) is 29.0 Å². The molecule has 0 bridgehead atoms. The average Bonchev–Trinajstić information content (AvgIpc) is 3.40. The number of hydrogen-bond donors (Lipinski definition) is 1. The Morgan fingerprint density at radius 1 is 1.22 bits per heavy atom. The molecule has 1 fully saturated rings. The first-order chi connectivity index (χ1) is 17.4. The highest BCUT2D eigenvalue weighted by Gasteiger charge is 2.42. The van der Waals surface area contributed by atoms with Crippen LogP contribution in [-0.2, 0) is 22.9 Å². The molecule has 11 heteroatoms. The van der Waals surface area contributed by atoms with Crippen LogP contribution in [0.1, 0.15) is 78.3 Å². The van der Waals surface area contributed by atoms with Crippen LogP contribution >= 0.6 is 11.3 Å². The van der Waals surface area contributed by atoms with E-state index in [1.54, 1.807) is 13.0 Å². The topological polar surface area (TPSA) is 79.4 Å². The normalized spacial score (nSPS) is 22.8. The highest BCUT2D eigenvalue weighted by molar-refractivity contribution is 7.91. The number of thiophene rings is 1. The number of aromatic nitrogens is 1. The van der Waals surface area contributed by atoms with Gasteiger partial charge in [-0.1, -0.05) is 20.8 Å². The predicted octanol–water partition coefficient (Wildman–Crippen LogP) is 5.75. The molecule has 0 saturated heterocycles. The number of carbonyl (C=O) groups excluding carboxylic acids is 1. The van der Waals surface area contributed by atoms with Gasteiger partial charge in [-0.2, -0.15) is 13.2 Å². The van der Waals surface area contributed by atoms with Crippen molar-refractivity contribution in [2.24, 2.45) is 17.8 Å². The standard InChI is InChI=1S/C26H34F3N3O3S2/c1-4-37(34,35)21-10-9-20(30-13-21)12-31-25(33)22-11-18-15-32(23(16(2)3)24(18)36-22)14-17-5-7-19(8-6-17)26(27,28)29/h9-11,13,16-17,19,23H,4-8,12,14-15H2,1-3H3,(H,31,33)/t17-,19-,23-/m1/s1. The molecule has 6 nitrogen and oxygen atoms in total. The van der Waals surface area contributed by atoms with Crippen LogP contribution in [0.4, 0.5) is 13.2 Å². The maximum absolute atomic E-state index is 13.0. The lowest BCUT2D eigenvalue weighted by atomic mass is 9.81. The van der Waals surface area contributed by atoms with E-state index in [-0.39, 0.29) is 47.9 Å². The molecular formula is C26H34F3N3O3S2. The van der Waals surface area contributed by atoms with E-state index in [0.717, 1.165) is 17.0 Å². The molecule has 3 heterocycles.